The Morgan fingerprint density at radius 2 is 2.00 bits per heavy atom. The smallest absolute Gasteiger partial charge is 0.238 e. The van der Waals surface area contributed by atoms with E-state index in [9.17, 15) is 4.79 Å². The number of anilines is 1. The summed E-state index contributed by atoms with van der Waals surface area (Å²) in [6.07, 6.45) is 4.14. The second kappa shape index (κ2) is 10.8. The van der Waals surface area contributed by atoms with Crippen LogP contribution in [0.25, 0.3) is 0 Å². The third-order valence-corrected chi connectivity index (χ3v) is 4.20. The van der Waals surface area contributed by atoms with Gasteiger partial charge in [0.05, 0.1) is 5.02 Å². The molecule has 1 unspecified atom stereocenters. The van der Waals surface area contributed by atoms with Gasteiger partial charge in [-0.3, -0.25) is 4.79 Å². The van der Waals surface area contributed by atoms with Crippen molar-refractivity contribution in [3.05, 3.63) is 46.6 Å². The fraction of sp³-hybridized carbons (Fsp3) is 0.294. The lowest BCUT2D eigenvalue weighted by Crippen LogP contribution is -2.27. The van der Waals surface area contributed by atoms with Gasteiger partial charge >= 0.3 is 0 Å². The number of benzene rings is 1. The molecule has 0 spiro atoms. The van der Waals surface area contributed by atoms with Crippen molar-refractivity contribution in [2.45, 2.75) is 25.3 Å². The van der Waals surface area contributed by atoms with Gasteiger partial charge in [0, 0.05) is 24.3 Å². The van der Waals surface area contributed by atoms with E-state index in [1.165, 1.54) is 6.20 Å². The highest BCUT2D eigenvalue weighted by atomic mass is 35.5. The SMILES string of the molecule is Cl.Cl.O=C(CC1CCCN1)Nc1ccc(Oc2ncc(Cl)cc2Cl)cc1. The predicted octanol–water partition coefficient (Wildman–Crippen LogP) is 5.10. The summed E-state index contributed by atoms with van der Waals surface area (Å²) in [6.45, 7) is 0.991. The Labute approximate surface area is 174 Å². The van der Waals surface area contributed by atoms with Crippen LogP contribution in [0.3, 0.4) is 0 Å². The van der Waals surface area contributed by atoms with Gasteiger partial charge in [-0.2, -0.15) is 0 Å². The fourth-order valence-corrected chi connectivity index (χ4v) is 2.98. The molecule has 26 heavy (non-hydrogen) atoms. The van der Waals surface area contributed by atoms with Gasteiger partial charge in [-0.15, -0.1) is 24.8 Å². The molecule has 0 aliphatic carbocycles. The standard InChI is InChI=1S/C17H17Cl2N3O2.2ClH/c18-11-8-15(19)17(21-10-11)24-14-5-3-12(4-6-14)22-16(23)9-13-2-1-7-20-13;;/h3-6,8,10,13,20H,1-2,7,9H2,(H,22,23);2*1H. The third kappa shape index (κ3) is 6.49. The molecule has 2 N–H and O–H groups in total. The van der Waals surface area contributed by atoms with Crippen molar-refractivity contribution in [3.8, 4) is 11.6 Å². The van der Waals surface area contributed by atoms with Gasteiger partial charge in [0.1, 0.15) is 10.8 Å². The molecule has 1 atom stereocenters. The lowest BCUT2D eigenvalue weighted by atomic mass is 10.1. The van der Waals surface area contributed by atoms with Gasteiger partial charge in [0.2, 0.25) is 11.8 Å². The molecule has 1 amide bonds. The topological polar surface area (TPSA) is 63.2 Å². The predicted molar refractivity (Wildman–Crippen MR) is 110 cm³/mol. The van der Waals surface area contributed by atoms with Crippen LogP contribution in [-0.4, -0.2) is 23.5 Å². The first-order chi connectivity index (χ1) is 11.6. The highest BCUT2D eigenvalue weighted by Gasteiger charge is 2.17. The van der Waals surface area contributed by atoms with Gasteiger partial charge in [-0.1, -0.05) is 23.2 Å². The Kier molecular flexibility index (Phi) is 9.47. The van der Waals surface area contributed by atoms with E-state index < -0.39 is 0 Å². The minimum Gasteiger partial charge on any atom is -0.438 e. The monoisotopic (exact) mass is 437 g/mol. The van der Waals surface area contributed by atoms with Crippen molar-refractivity contribution < 1.29 is 9.53 Å². The maximum absolute atomic E-state index is 12.0. The number of ether oxygens (including phenoxy) is 1. The van der Waals surface area contributed by atoms with Crippen LogP contribution in [0.2, 0.25) is 10.0 Å². The second-order valence-electron chi connectivity index (χ2n) is 5.61. The molecule has 1 aromatic heterocycles. The summed E-state index contributed by atoms with van der Waals surface area (Å²) in [5.41, 5.74) is 0.723. The number of nitrogens with one attached hydrogen (secondary N) is 2. The molecule has 1 aliphatic heterocycles. The number of carbonyl (C=O) groups is 1. The largest absolute Gasteiger partial charge is 0.438 e. The molecule has 1 fully saturated rings. The lowest BCUT2D eigenvalue weighted by molar-refractivity contribution is -0.116. The summed E-state index contributed by atoms with van der Waals surface area (Å²) in [5, 5.41) is 6.98. The Bertz CT molecular complexity index is 722. The molecule has 2 heterocycles. The van der Waals surface area contributed by atoms with Crippen molar-refractivity contribution >= 4 is 59.6 Å². The summed E-state index contributed by atoms with van der Waals surface area (Å²) in [4.78, 5) is 16.0. The van der Waals surface area contributed by atoms with E-state index in [0.29, 0.717) is 22.2 Å². The molecule has 2 aromatic rings. The van der Waals surface area contributed by atoms with Crippen LogP contribution in [0.5, 0.6) is 11.6 Å². The number of carbonyl (C=O) groups excluding carboxylic acids is 1. The van der Waals surface area contributed by atoms with Crippen LogP contribution in [0.1, 0.15) is 19.3 Å². The Morgan fingerprint density at radius 1 is 1.27 bits per heavy atom. The number of nitrogens with zero attached hydrogens (tertiary/aromatic N) is 1. The van der Waals surface area contributed by atoms with Crippen molar-refractivity contribution in [1.29, 1.82) is 0 Å². The summed E-state index contributed by atoms with van der Waals surface area (Å²) in [6, 6.07) is 8.90. The summed E-state index contributed by atoms with van der Waals surface area (Å²) < 4.78 is 5.61. The van der Waals surface area contributed by atoms with Gasteiger partial charge in [0.15, 0.2) is 0 Å². The van der Waals surface area contributed by atoms with Crippen LogP contribution in [0.15, 0.2) is 36.5 Å². The van der Waals surface area contributed by atoms with Crippen LogP contribution in [0.4, 0.5) is 5.69 Å². The van der Waals surface area contributed by atoms with Crippen LogP contribution in [0, 0.1) is 0 Å². The van der Waals surface area contributed by atoms with Crippen LogP contribution >= 0.6 is 48.0 Å². The first kappa shape index (κ1) is 22.8. The molecule has 1 aliphatic rings. The van der Waals surface area contributed by atoms with E-state index in [4.69, 9.17) is 27.9 Å². The zero-order valence-electron chi connectivity index (χ0n) is 13.7. The highest BCUT2D eigenvalue weighted by Crippen LogP contribution is 2.29. The number of hydrogen-bond donors (Lipinski definition) is 2. The number of rotatable bonds is 5. The average Bonchev–Trinajstić information content (AvgIpc) is 3.04. The maximum atomic E-state index is 12.0. The van der Waals surface area contributed by atoms with E-state index >= 15 is 0 Å². The zero-order valence-corrected chi connectivity index (χ0v) is 16.9. The first-order valence-electron chi connectivity index (χ1n) is 7.72. The third-order valence-electron chi connectivity index (χ3n) is 3.72. The number of amides is 1. The van der Waals surface area contributed by atoms with Crippen molar-refractivity contribution in [2.75, 3.05) is 11.9 Å². The number of aromatic nitrogens is 1. The molecule has 1 aromatic carbocycles. The Morgan fingerprint density at radius 3 is 2.62 bits per heavy atom. The number of hydrogen-bond acceptors (Lipinski definition) is 4. The van der Waals surface area contributed by atoms with Crippen molar-refractivity contribution in [2.24, 2.45) is 0 Å². The quantitative estimate of drug-likeness (QED) is 0.681. The molecule has 0 bridgehead atoms. The van der Waals surface area contributed by atoms with E-state index in [1.807, 2.05) is 0 Å². The van der Waals surface area contributed by atoms with Gasteiger partial charge < -0.3 is 15.4 Å². The number of halogens is 4. The molecule has 3 rings (SSSR count). The maximum Gasteiger partial charge on any atom is 0.238 e. The van der Waals surface area contributed by atoms with E-state index in [0.717, 1.165) is 25.1 Å². The Balaban J connectivity index is 0.00000169. The van der Waals surface area contributed by atoms with E-state index in [1.54, 1.807) is 30.3 Å². The average molecular weight is 439 g/mol. The van der Waals surface area contributed by atoms with E-state index in [2.05, 4.69) is 15.6 Å². The molecule has 1 saturated heterocycles. The highest BCUT2D eigenvalue weighted by molar-refractivity contribution is 6.35. The normalized spacial score (nSPS) is 15.5. The molecular formula is C17H19Cl4N3O2. The Hall–Kier alpha value is -1.24. The fourth-order valence-electron chi connectivity index (χ4n) is 2.56. The molecule has 9 heteroatoms. The summed E-state index contributed by atoms with van der Waals surface area (Å²) in [5.74, 6) is 0.859. The van der Waals surface area contributed by atoms with Crippen LogP contribution < -0.4 is 15.4 Å². The molecule has 5 nitrogen and oxygen atoms in total. The van der Waals surface area contributed by atoms with Crippen molar-refractivity contribution in [3.63, 3.8) is 0 Å². The van der Waals surface area contributed by atoms with Gasteiger partial charge in [-0.25, -0.2) is 4.98 Å². The second-order valence-corrected chi connectivity index (χ2v) is 6.46. The summed E-state index contributed by atoms with van der Waals surface area (Å²) in [7, 11) is 0. The van der Waals surface area contributed by atoms with Gasteiger partial charge in [0.25, 0.3) is 0 Å². The van der Waals surface area contributed by atoms with Crippen LogP contribution in [-0.2, 0) is 4.79 Å². The number of pyridine rings is 1. The molecule has 0 saturated carbocycles. The molecular weight excluding hydrogens is 420 g/mol. The minimum absolute atomic E-state index is 0. The van der Waals surface area contributed by atoms with Gasteiger partial charge in [-0.05, 0) is 49.7 Å². The van der Waals surface area contributed by atoms with Crippen molar-refractivity contribution in [1.82, 2.24) is 10.3 Å². The minimum atomic E-state index is 0. The zero-order chi connectivity index (χ0) is 16.9. The van der Waals surface area contributed by atoms with E-state index in [-0.39, 0.29) is 42.6 Å². The lowest BCUT2D eigenvalue weighted by Gasteiger charge is -2.11. The summed E-state index contributed by atoms with van der Waals surface area (Å²) >= 11 is 11.8. The molecule has 0 radical (unpaired) electrons. The molecule has 142 valence electrons. The first-order valence-corrected chi connectivity index (χ1v) is 8.48.